The van der Waals surface area contributed by atoms with Gasteiger partial charge in [-0.15, -0.1) is 0 Å². The standard InChI is InChI=1S/C24H14I2N2/c25-17-1-3-19-20-4-2-18(26)14-22(20)24(21(19)13-17)23(15-5-9-27-10-6-15)16-7-11-28-12-8-16/h1-14H. The first-order valence-electron chi connectivity index (χ1n) is 8.87. The maximum absolute atomic E-state index is 4.23. The summed E-state index contributed by atoms with van der Waals surface area (Å²) in [6.07, 6.45) is 7.43. The lowest BCUT2D eigenvalue weighted by Gasteiger charge is -2.15. The molecule has 0 fully saturated rings. The minimum Gasteiger partial charge on any atom is -0.265 e. The highest BCUT2D eigenvalue weighted by Crippen LogP contribution is 2.49. The van der Waals surface area contributed by atoms with Crippen LogP contribution in [-0.4, -0.2) is 9.97 Å². The fourth-order valence-corrected chi connectivity index (χ4v) is 4.81. The summed E-state index contributed by atoms with van der Waals surface area (Å²) in [4.78, 5) is 8.46. The minimum absolute atomic E-state index is 1.16. The first-order chi connectivity index (χ1) is 13.7. The quantitative estimate of drug-likeness (QED) is 0.217. The highest BCUT2D eigenvalue weighted by Gasteiger charge is 2.27. The maximum atomic E-state index is 4.23. The summed E-state index contributed by atoms with van der Waals surface area (Å²) in [6.45, 7) is 0. The van der Waals surface area contributed by atoms with E-state index in [0.717, 1.165) is 11.1 Å². The number of pyridine rings is 2. The van der Waals surface area contributed by atoms with Crippen molar-refractivity contribution in [1.29, 1.82) is 0 Å². The summed E-state index contributed by atoms with van der Waals surface area (Å²) in [5.74, 6) is 0. The van der Waals surface area contributed by atoms with Gasteiger partial charge in [-0.3, -0.25) is 9.97 Å². The summed E-state index contributed by atoms with van der Waals surface area (Å²) < 4.78 is 2.47. The van der Waals surface area contributed by atoms with Gasteiger partial charge in [0.2, 0.25) is 0 Å². The lowest BCUT2D eigenvalue weighted by Crippen LogP contribution is -1.95. The third kappa shape index (κ3) is 3.08. The van der Waals surface area contributed by atoms with E-state index in [1.54, 1.807) is 0 Å². The monoisotopic (exact) mass is 584 g/mol. The van der Waals surface area contributed by atoms with E-state index in [0.29, 0.717) is 0 Å². The Morgan fingerprint density at radius 1 is 0.536 bits per heavy atom. The molecule has 0 unspecified atom stereocenters. The number of hydrogen-bond acceptors (Lipinski definition) is 2. The second kappa shape index (κ2) is 7.40. The molecule has 0 bridgehead atoms. The van der Waals surface area contributed by atoms with Crippen molar-refractivity contribution in [2.45, 2.75) is 0 Å². The van der Waals surface area contributed by atoms with Crippen molar-refractivity contribution in [2.75, 3.05) is 0 Å². The van der Waals surface area contributed by atoms with Gasteiger partial charge in [0, 0.05) is 31.9 Å². The number of fused-ring (bicyclic) bond motifs is 3. The third-order valence-electron chi connectivity index (χ3n) is 4.98. The highest BCUT2D eigenvalue weighted by molar-refractivity contribution is 14.1. The van der Waals surface area contributed by atoms with Gasteiger partial charge in [0.25, 0.3) is 0 Å². The SMILES string of the molecule is Ic1ccc2c(c1)C(=C(c1ccncc1)c1ccncc1)c1cc(I)ccc1-2. The molecule has 2 nitrogen and oxygen atoms in total. The lowest BCUT2D eigenvalue weighted by molar-refractivity contribution is 1.30. The van der Waals surface area contributed by atoms with Crippen LogP contribution in [0.25, 0.3) is 22.3 Å². The Balaban J connectivity index is 1.94. The van der Waals surface area contributed by atoms with Gasteiger partial charge in [0.15, 0.2) is 0 Å². The molecule has 0 spiro atoms. The fraction of sp³-hybridized carbons (Fsp3) is 0. The van der Waals surface area contributed by atoms with E-state index < -0.39 is 0 Å². The van der Waals surface area contributed by atoms with Crippen molar-refractivity contribution in [3.63, 3.8) is 0 Å². The number of aromatic nitrogens is 2. The lowest BCUT2D eigenvalue weighted by atomic mass is 9.89. The topological polar surface area (TPSA) is 25.8 Å². The largest absolute Gasteiger partial charge is 0.265 e. The van der Waals surface area contributed by atoms with E-state index in [2.05, 4.69) is 116 Å². The molecule has 28 heavy (non-hydrogen) atoms. The van der Waals surface area contributed by atoms with Crippen molar-refractivity contribution in [3.05, 3.63) is 115 Å². The molecule has 0 radical (unpaired) electrons. The molecule has 2 heterocycles. The number of rotatable bonds is 2. The van der Waals surface area contributed by atoms with E-state index in [1.807, 2.05) is 24.8 Å². The van der Waals surface area contributed by atoms with Crippen molar-refractivity contribution in [3.8, 4) is 11.1 Å². The number of halogens is 2. The Labute approximate surface area is 191 Å². The van der Waals surface area contributed by atoms with Crippen molar-refractivity contribution in [1.82, 2.24) is 9.97 Å². The molecule has 2 aromatic carbocycles. The highest BCUT2D eigenvalue weighted by atomic mass is 127. The van der Waals surface area contributed by atoms with E-state index >= 15 is 0 Å². The summed E-state index contributed by atoms with van der Waals surface area (Å²) in [7, 11) is 0. The van der Waals surface area contributed by atoms with E-state index in [-0.39, 0.29) is 0 Å². The molecular formula is C24H14I2N2. The van der Waals surface area contributed by atoms with Crippen LogP contribution in [0, 0.1) is 7.14 Å². The zero-order valence-electron chi connectivity index (χ0n) is 14.7. The molecule has 0 saturated carbocycles. The number of benzene rings is 2. The molecule has 0 saturated heterocycles. The second-order valence-electron chi connectivity index (χ2n) is 6.60. The normalized spacial score (nSPS) is 11.9. The summed E-state index contributed by atoms with van der Waals surface area (Å²) >= 11 is 4.80. The van der Waals surface area contributed by atoms with E-state index in [9.17, 15) is 0 Å². The Morgan fingerprint density at radius 2 is 0.964 bits per heavy atom. The Kier molecular flexibility index (Phi) is 4.76. The molecule has 1 aliphatic carbocycles. The van der Waals surface area contributed by atoms with Crippen LogP contribution in [0.3, 0.4) is 0 Å². The molecule has 0 amide bonds. The third-order valence-corrected chi connectivity index (χ3v) is 6.32. The summed E-state index contributed by atoms with van der Waals surface area (Å²) in [5, 5.41) is 0. The zero-order chi connectivity index (χ0) is 19.1. The van der Waals surface area contributed by atoms with Gasteiger partial charge < -0.3 is 0 Å². The van der Waals surface area contributed by atoms with Crippen LogP contribution in [0.5, 0.6) is 0 Å². The zero-order valence-corrected chi connectivity index (χ0v) is 19.0. The predicted molar refractivity (Wildman–Crippen MR) is 131 cm³/mol. The van der Waals surface area contributed by atoms with Crippen LogP contribution in [0.15, 0.2) is 85.5 Å². The number of hydrogen-bond donors (Lipinski definition) is 0. The van der Waals surface area contributed by atoms with E-state index in [4.69, 9.17) is 0 Å². The molecule has 0 atom stereocenters. The van der Waals surface area contributed by atoms with Crippen LogP contribution in [0.2, 0.25) is 0 Å². The van der Waals surface area contributed by atoms with Gasteiger partial charge in [0.1, 0.15) is 0 Å². The summed E-state index contributed by atoms with van der Waals surface area (Å²) in [6, 6.07) is 21.8. The average Bonchev–Trinajstić information content (AvgIpc) is 3.02. The molecule has 4 aromatic rings. The van der Waals surface area contributed by atoms with Crippen molar-refractivity contribution < 1.29 is 0 Å². The molecule has 2 aromatic heterocycles. The molecule has 5 rings (SSSR count). The van der Waals surface area contributed by atoms with Gasteiger partial charge >= 0.3 is 0 Å². The molecule has 0 aliphatic heterocycles. The second-order valence-corrected chi connectivity index (χ2v) is 9.09. The van der Waals surface area contributed by atoms with Crippen molar-refractivity contribution >= 4 is 56.3 Å². The molecule has 0 N–H and O–H groups in total. The van der Waals surface area contributed by atoms with Crippen LogP contribution in [-0.2, 0) is 0 Å². The smallest absolute Gasteiger partial charge is 0.0273 e. The van der Waals surface area contributed by atoms with Gasteiger partial charge in [-0.05, 0) is 138 Å². The van der Waals surface area contributed by atoms with Crippen LogP contribution in [0.1, 0.15) is 22.3 Å². The first kappa shape index (κ1) is 18.0. The molecule has 134 valence electrons. The van der Waals surface area contributed by atoms with Gasteiger partial charge in [-0.25, -0.2) is 0 Å². The van der Waals surface area contributed by atoms with Gasteiger partial charge in [-0.2, -0.15) is 0 Å². The fourth-order valence-electron chi connectivity index (χ4n) is 3.82. The first-order valence-corrected chi connectivity index (χ1v) is 11.0. The predicted octanol–water partition coefficient (Wildman–Crippen LogP) is 6.67. The minimum atomic E-state index is 1.16. The van der Waals surface area contributed by atoms with E-state index in [1.165, 1.54) is 40.5 Å². The van der Waals surface area contributed by atoms with Crippen LogP contribution < -0.4 is 0 Å². The van der Waals surface area contributed by atoms with Crippen LogP contribution >= 0.6 is 45.2 Å². The maximum Gasteiger partial charge on any atom is 0.0273 e. The number of nitrogens with zero attached hydrogens (tertiary/aromatic N) is 2. The summed E-state index contributed by atoms with van der Waals surface area (Å²) in [5.41, 5.74) is 9.97. The van der Waals surface area contributed by atoms with Gasteiger partial charge in [-0.1, -0.05) is 12.1 Å². The van der Waals surface area contributed by atoms with Gasteiger partial charge in [0.05, 0.1) is 0 Å². The molecular weight excluding hydrogens is 570 g/mol. The van der Waals surface area contributed by atoms with Crippen LogP contribution in [0.4, 0.5) is 0 Å². The molecule has 4 heteroatoms. The molecule has 1 aliphatic rings. The van der Waals surface area contributed by atoms with Crippen molar-refractivity contribution in [2.24, 2.45) is 0 Å². The Bertz CT molecular complexity index is 1120. The Hall–Kier alpha value is -2.06. The Morgan fingerprint density at radius 3 is 1.39 bits per heavy atom. The average molecular weight is 584 g/mol.